The standard InChI is InChI=1S/C28H41N3O3S/c1-19(2)16-22(17-21-12-10-9-11-13-21)29-26(32)23-18-35-25(30-23)15-14-24(20(3)4)31(8)27(33)34-28(5,6)7/h9-13,16,18,20,22,24H,14-15,17H2,1-8H3,(H,29,32)/t22-,24-/m1/s1. The molecule has 1 N–H and O–H groups in total. The molecule has 0 aliphatic carbocycles. The van der Waals surface area contributed by atoms with Crippen molar-refractivity contribution >= 4 is 23.3 Å². The highest BCUT2D eigenvalue weighted by Crippen LogP contribution is 2.21. The Morgan fingerprint density at radius 1 is 1.17 bits per heavy atom. The topological polar surface area (TPSA) is 71.5 Å². The largest absolute Gasteiger partial charge is 0.444 e. The third-order valence-corrected chi connectivity index (χ3v) is 6.44. The maximum Gasteiger partial charge on any atom is 0.410 e. The summed E-state index contributed by atoms with van der Waals surface area (Å²) in [5.41, 5.74) is 2.22. The molecule has 0 saturated carbocycles. The van der Waals surface area contributed by atoms with Gasteiger partial charge in [-0.2, -0.15) is 0 Å². The van der Waals surface area contributed by atoms with E-state index in [0.717, 1.165) is 23.4 Å². The predicted molar refractivity (Wildman–Crippen MR) is 144 cm³/mol. The van der Waals surface area contributed by atoms with Crippen LogP contribution in [0, 0.1) is 5.92 Å². The predicted octanol–water partition coefficient (Wildman–Crippen LogP) is 6.27. The number of aryl methyl sites for hydroxylation is 1. The highest BCUT2D eigenvalue weighted by molar-refractivity contribution is 7.09. The van der Waals surface area contributed by atoms with Gasteiger partial charge in [-0.15, -0.1) is 11.3 Å². The first-order chi connectivity index (χ1) is 16.4. The van der Waals surface area contributed by atoms with Crippen LogP contribution in [0.3, 0.4) is 0 Å². The molecule has 0 spiro atoms. The van der Waals surface area contributed by atoms with Crippen molar-refractivity contribution < 1.29 is 14.3 Å². The Kier molecular flexibility index (Phi) is 10.5. The Balaban J connectivity index is 2.02. The minimum Gasteiger partial charge on any atom is -0.444 e. The van der Waals surface area contributed by atoms with Gasteiger partial charge < -0.3 is 15.0 Å². The Morgan fingerprint density at radius 2 is 1.83 bits per heavy atom. The van der Waals surface area contributed by atoms with E-state index in [4.69, 9.17) is 4.74 Å². The fourth-order valence-electron chi connectivity index (χ4n) is 3.91. The molecule has 2 rings (SSSR count). The van der Waals surface area contributed by atoms with Crippen molar-refractivity contribution in [2.75, 3.05) is 7.05 Å². The molecule has 192 valence electrons. The Bertz CT molecular complexity index is 988. The first-order valence-electron chi connectivity index (χ1n) is 12.3. The van der Waals surface area contributed by atoms with Crippen LogP contribution in [0.15, 0.2) is 47.4 Å². The van der Waals surface area contributed by atoms with Gasteiger partial charge in [0.05, 0.1) is 11.0 Å². The number of nitrogens with one attached hydrogen (secondary N) is 1. The number of thiazole rings is 1. The van der Waals surface area contributed by atoms with Crippen LogP contribution in [0.2, 0.25) is 0 Å². The van der Waals surface area contributed by atoms with Crippen LogP contribution in [-0.4, -0.2) is 46.6 Å². The summed E-state index contributed by atoms with van der Waals surface area (Å²) in [6.45, 7) is 13.9. The quantitative estimate of drug-likeness (QED) is 0.391. The molecule has 0 fully saturated rings. The lowest BCUT2D eigenvalue weighted by atomic mass is 9.98. The molecule has 0 saturated heterocycles. The summed E-state index contributed by atoms with van der Waals surface area (Å²) < 4.78 is 5.54. The van der Waals surface area contributed by atoms with Gasteiger partial charge in [-0.3, -0.25) is 4.79 Å². The Hall–Kier alpha value is -2.67. The van der Waals surface area contributed by atoms with Gasteiger partial charge in [-0.1, -0.05) is 55.8 Å². The molecule has 0 aliphatic rings. The second-order valence-corrected chi connectivity index (χ2v) is 11.5. The lowest BCUT2D eigenvalue weighted by Gasteiger charge is -2.33. The number of hydrogen-bond acceptors (Lipinski definition) is 5. The van der Waals surface area contributed by atoms with E-state index in [2.05, 4.69) is 42.4 Å². The number of allylic oxidation sites excluding steroid dienone is 1. The molecule has 1 aromatic heterocycles. The molecule has 0 unspecified atom stereocenters. The molecule has 7 heteroatoms. The summed E-state index contributed by atoms with van der Waals surface area (Å²) in [6.07, 6.45) is 3.92. The Morgan fingerprint density at radius 3 is 2.40 bits per heavy atom. The van der Waals surface area contributed by atoms with Crippen LogP contribution in [-0.2, 0) is 17.6 Å². The van der Waals surface area contributed by atoms with Crippen molar-refractivity contribution in [3.8, 4) is 0 Å². The average molecular weight is 500 g/mol. The number of ether oxygens (including phenoxy) is 1. The van der Waals surface area contributed by atoms with Crippen LogP contribution in [0.25, 0.3) is 0 Å². The molecule has 1 heterocycles. The second kappa shape index (κ2) is 12.9. The van der Waals surface area contributed by atoms with Crippen LogP contribution >= 0.6 is 11.3 Å². The monoisotopic (exact) mass is 499 g/mol. The molecule has 35 heavy (non-hydrogen) atoms. The van der Waals surface area contributed by atoms with E-state index in [1.807, 2.05) is 58.2 Å². The summed E-state index contributed by atoms with van der Waals surface area (Å²) in [4.78, 5) is 31.8. The van der Waals surface area contributed by atoms with Crippen molar-refractivity contribution in [1.29, 1.82) is 0 Å². The summed E-state index contributed by atoms with van der Waals surface area (Å²) in [7, 11) is 1.79. The molecule has 1 aromatic carbocycles. The highest BCUT2D eigenvalue weighted by Gasteiger charge is 2.27. The van der Waals surface area contributed by atoms with Gasteiger partial charge in [0.25, 0.3) is 5.91 Å². The zero-order valence-electron chi connectivity index (χ0n) is 22.4. The molecule has 6 nitrogen and oxygen atoms in total. The van der Waals surface area contributed by atoms with E-state index in [0.29, 0.717) is 12.1 Å². The van der Waals surface area contributed by atoms with Crippen LogP contribution < -0.4 is 5.32 Å². The zero-order chi connectivity index (χ0) is 26.2. The number of aromatic nitrogens is 1. The SMILES string of the molecule is CC(C)=C[C@H](Cc1ccccc1)NC(=O)c1csc(CC[C@H](C(C)C)N(C)C(=O)OC(C)(C)C)n1. The van der Waals surface area contributed by atoms with Gasteiger partial charge in [-0.05, 0) is 58.9 Å². The van der Waals surface area contributed by atoms with Crippen molar-refractivity contribution in [2.24, 2.45) is 5.92 Å². The van der Waals surface area contributed by atoms with Crippen molar-refractivity contribution in [1.82, 2.24) is 15.2 Å². The normalized spacial score (nSPS) is 13.2. The molecule has 2 aromatic rings. The zero-order valence-corrected chi connectivity index (χ0v) is 23.2. The third kappa shape index (κ3) is 9.84. The number of hydrogen-bond donors (Lipinski definition) is 1. The smallest absolute Gasteiger partial charge is 0.410 e. The fourth-order valence-corrected chi connectivity index (χ4v) is 4.70. The average Bonchev–Trinajstić information content (AvgIpc) is 3.21. The van der Waals surface area contributed by atoms with Gasteiger partial charge >= 0.3 is 6.09 Å². The number of amides is 2. The van der Waals surface area contributed by atoms with Crippen LogP contribution in [0.1, 0.15) is 75.9 Å². The summed E-state index contributed by atoms with van der Waals surface area (Å²) in [5.74, 6) is 0.0929. The number of carbonyl (C=O) groups excluding carboxylic acids is 2. The van der Waals surface area contributed by atoms with E-state index in [-0.39, 0.29) is 30.0 Å². The highest BCUT2D eigenvalue weighted by atomic mass is 32.1. The minimum absolute atomic E-state index is 0.0129. The van der Waals surface area contributed by atoms with Gasteiger partial charge in [0.15, 0.2) is 0 Å². The maximum atomic E-state index is 13.0. The molecular weight excluding hydrogens is 458 g/mol. The van der Waals surface area contributed by atoms with Gasteiger partial charge in [-0.25, -0.2) is 9.78 Å². The summed E-state index contributed by atoms with van der Waals surface area (Å²) >= 11 is 1.48. The van der Waals surface area contributed by atoms with Crippen LogP contribution in [0.4, 0.5) is 4.79 Å². The minimum atomic E-state index is -0.533. The number of nitrogens with zero attached hydrogens (tertiary/aromatic N) is 2. The lowest BCUT2D eigenvalue weighted by Crippen LogP contribution is -2.43. The van der Waals surface area contributed by atoms with E-state index < -0.39 is 5.60 Å². The summed E-state index contributed by atoms with van der Waals surface area (Å²) in [5, 5.41) is 5.83. The number of rotatable bonds is 10. The van der Waals surface area contributed by atoms with Gasteiger partial charge in [0, 0.05) is 24.9 Å². The third-order valence-electron chi connectivity index (χ3n) is 5.54. The first-order valence-corrected chi connectivity index (χ1v) is 13.1. The van der Waals surface area contributed by atoms with E-state index in [9.17, 15) is 9.59 Å². The molecule has 0 aliphatic heterocycles. The van der Waals surface area contributed by atoms with Crippen LogP contribution in [0.5, 0.6) is 0 Å². The second-order valence-electron chi connectivity index (χ2n) is 10.6. The molecule has 0 radical (unpaired) electrons. The molecule has 2 amide bonds. The van der Waals surface area contributed by atoms with Crippen molar-refractivity contribution in [3.05, 3.63) is 63.6 Å². The van der Waals surface area contributed by atoms with E-state index in [1.165, 1.54) is 16.9 Å². The van der Waals surface area contributed by atoms with E-state index >= 15 is 0 Å². The van der Waals surface area contributed by atoms with Gasteiger partial charge in [0.1, 0.15) is 11.3 Å². The Labute approximate surface area is 214 Å². The number of carbonyl (C=O) groups is 2. The van der Waals surface area contributed by atoms with Crippen molar-refractivity contribution in [2.45, 2.75) is 85.4 Å². The van der Waals surface area contributed by atoms with Crippen molar-refractivity contribution in [3.63, 3.8) is 0 Å². The van der Waals surface area contributed by atoms with E-state index in [1.54, 1.807) is 11.9 Å². The first kappa shape index (κ1) is 28.6. The molecule has 2 atom stereocenters. The number of benzene rings is 1. The summed E-state index contributed by atoms with van der Waals surface area (Å²) in [6, 6.07) is 10.1. The molecule has 0 bridgehead atoms. The fraction of sp³-hybridized carbons (Fsp3) is 0.536. The van der Waals surface area contributed by atoms with Gasteiger partial charge in [0.2, 0.25) is 0 Å². The maximum absolute atomic E-state index is 13.0. The molecular formula is C28H41N3O3S. The lowest BCUT2D eigenvalue weighted by molar-refractivity contribution is 0.0170.